The Kier molecular flexibility index (Phi) is 2.93. The van der Waals surface area contributed by atoms with Crippen LogP contribution in [0.3, 0.4) is 0 Å². The third-order valence-corrected chi connectivity index (χ3v) is 3.01. The summed E-state index contributed by atoms with van der Waals surface area (Å²) in [7, 11) is 0. The predicted molar refractivity (Wildman–Crippen MR) is 56.0 cm³/mol. The molecule has 1 unspecified atom stereocenters. The molecule has 0 bridgehead atoms. The zero-order valence-electron chi connectivity index (χ0n) is 9.09. The van der Waals surface area contributed by atoms with E-state index in [2.05, 4.69) is 0 Å². The third-order valence-electron chi connectivity index (χ3n) is 3.01. The van der Waals surface area contributed by atoms with Crippen molar-refractivity contribution in [3.63, 3.8) is 0 Å². The molecular weight excluding hydrogens is 215 g/mol. The molecule has 0 spiro atoms. The molecule has 1 nitrogen and oxygen atoms in total. The first-order valence-electron chi connectivity index (χ1n) is 5.39. The molecule has 1 aliphatic rings. The van der Waals surface area contributed by atoms with Crippen molar-refractivity contribution in [2.75, 3.05) is 13.1 Å². The van der Waals surface area contributed by atoms with Gasteiger partial charge < -0.3 is 0 Å². The molecule has 2 rings (SSSR count). The standard InChI is InChI=1S/C12H14F3N/c1-2-16-8-12(14,15)7-11(16)9-4-3-5-10(13)6-9/h3-6,11H,2,7-8H2,1H3. The van der Waals surface area contributed by atoms with Crippen molar-refractivity contribution in [3.8, 4) is 0 Å². The van der Waals surface area contributed by atoms with Gasteiger partial charge >= 0.3 is 0 Å². The molecule has 0 aromatic heterocycles. The molecule has 0 aliphatic carbocycles. The number of benzene rings is 1. The zero-order chi connectivity index (χ0) is 11.8. The van der Waals surface area contributed by atoms with Crippen LogP contribution in [0.1, 0.15) is 24.9 Å². The first-order chi connectivity index (χ1) is 7.52. The molecule has 0 N–H and O–H groups in total. The van der Waals surface area contributed by atoms with Gasteiger partial charge in [-0.25, -0.2) is 13.2 Å². The summed E-state index contributed by atoms with van der Waals surface area (Å²) in [5.74, 6) is -3.03. The van der Waals surface area contributed by atoms with Crippen LogP contribution in [-0.2, 0) is 0 Å². The van der Waals surface area contributed by atoms with Crippen molar-refractivity contribution >= 4 is 0 Å². The molecule has 4 heteroatoms. The Hall–Kier alpha value is -1.03. The Morgan fingerprint density at radius 2 is 2.19 bits per heavy atom. The summed E-state index contributed by atoms with van der Waals surface area (Å²) < 4.78 is 39.6. The lowest BCUT2D eigenvalue weighted by Crippen LogP contribution is -2.26. The molecule has 1 atom stereocenters. The van der Waals surface area contributed by atoms with Gasteiger partial charge in [-0.3, -0.25) is 4.90 Å². The second kappa shape index (κ2) is 4.09. The van der Waals surface area contributed by atoms with Crippen molar-refractivity contribution in [1.82, 2.24) is 4.90 Å². The Morgan fingerprint density at radius 1 is 1.44 bits per heavy atom. The maximum atomic E-state index is 13.3. The van der Waals surface area contributed by atoms with Gasteiger partial charge in [0.05, 0.1) is 6.54 Å². The first-order valence-corrected chi connectivity index (χ1v) is 5.39. The van der Waals surface area contributed by atoms with Crippen LogP contribution in [0.15, 0.2) is 24.3 Å². The second-order valence-electron chi connectivity index (χ2n) is 4.19. The number of nitrogens with zero attached hydrogens (tertiary/aromatic N) is 1. The predicted octanol–water partition coefficient (Wildman–Crippen LogP) is 3.23. The lowest BCUT2D eigenvalue weighted by Gasteiger charge is -2.21. The number of halogens is 3. The molecule has 1 fully saturated rings. The molecule has 1 heterocycles. The maximum Gasteiger partial charge on any atom is 0.262 e. The van der Waals surface area contributed by atoms with Gasteiger partial charge in [0.1, 0.15) is 5.82 Å². The van der Waals surface area contributed by atoms with E-state index in [1.54, 1.807) is 17.0 Å². The zero-order valence-corrected chi connectivity index (χ0v) is 9.09. The Labute approximate surface area is 92.9 Å². The van der Waals surface area contributed by atoms with E-state index in [1.165, 1.54) is 12.1 Å². The van der Waals surface area contributed by atoms with Crippen LogP contribution < -0.4 is 0 Å². The van der Waals surface area contributed by atoms with Gasteiger partial charge in [0.15, 0.2) is 0 Å². The fourth-order valence-electron chi connectivity index (χ4n) is 2.26. The summed E-state index contributed by atoms with van der Waals surface area (Å²) in [5, 5.41) is 0. The summed E-state index contributed by atoms with van der Waals surface area (Å²) in [6.45, 7) is 2.16. The number of hydrogen-bond donors (Lipinski definition) is 0. The second-order valence-corrected chi connectivity index (χ2v) is 4.19. The highest BCUT2D eigenvalue weighted by Crippen LogP contribution is 2.40. The van der Waals surface area contributed by atoms with E-state index in [-0.39, 0.29) is 24.8 Å². The van der Waals surface area contributed by atoms with Gasteiger partial charge in [0.2, 0.25) is 0 Å². The molecule has 1 aliphatic heterocycles. The normalized spacial score (nSPS) is 24.9. The summed E-state index contributed by atoms with van der Waals surface area (Å²) in [5.41, 5.74) is 0.638. The van der Waals surface area contributed by atoms with Crippen molar-refractivity contribution in [2.24, 2.45) is 0 Å². The number of rotatable bonds is 2. The topological polar surface area (TPSA) is 3.24 Å². The Balaban J connectivity index is 2.26. The van der Waals surface area contributed by atoms with Crippen molar-refractivity contribution in [2.45, 2.75) is 25.3 Å². The van der Waals surface area contributed by atoms with Crippen LogP contribution in [-0.4, -0.2) is 23.9 Å². The van der Waals surface area contributed by atoms with Crippen LogP contribution in [0.5, 0.6) is 0 Å². The minimum absolute atomic E-state index is 0.218. The first kappa shape index (κ1) is 11.5. The lowest BCUT2D eigenvalue weighted by molar-refractivity contribution is 0.0124. The van der Waals surface area contributed by atoms with Gasteiger partial charge in [-0.1, -0.05) is 19.1 Å². The van der Waals surface area contributed by atoms with Crippen molar-refractivity contribution < 1.29 is 13.2 Å². The van der Waals surface area contributed by atoms with E-state index in [1.807, 2.05) is 6.92 Å². The van der Waals surface area contributed by atoms with Crippen molar-refractivity contribution in [3.05, 3.63) is 35.6 Å². The smallest absolute Gasteiger partial charge is 0.262 e. The van der Waals surface area contributed by atoms with Crippen LogP contribution in [0.4, 0.5) is 13.2 Å². The SMILES string of the molecule is CCN1CC(F)(F)CC1c1cccc(F)c1. The number of alkyl halides is 2. The number of likely N-dealkylation sites (tertiary alicyclic amines) is 1. The quantitative estimate of drug-likeness (QED) is 0.752. The van der Waals surface area contributed by atoms with Gasteiger partial charge in [-0.15, -0.1) is 0 Å². The van der Waals surface area contributed by atoms with Crippen LogP contribution in [0.2, 0.25) is 0 Å². The average Bonchev–Trinajstić information content (AvgIpc) is 2.54. The average molecular weight is 229 g/mol. The fraction of sp³-hybridized carbons (Fsp3) is 0.500. The van der Waals surface area contributed by atoms with E-state index in [4.69, 9.17) is 0 Å². The summed E-state index contributed by atoms with van der Waals surface area (Å²) in [6.07, 6.45) is -0.218. The highest BCUT2D eigenvalue weighted by molar-refractivity contribution is 5.22. The summed E-state index contributed by atoms with van der Waals surface area (Å²) in [6, 6.07) is 5.57. The fourth-order valence-corrected chi connectivity index (χ4v) is 2.26. The monoisotopic (exact) mass is 229 g/mol. The summed E-state index contributed by atoms with van der Waals surface area (Å²) >= 11 is 0. The molecule has 0 radical (unpaired) electrons. The van der Waals surface area contributed by atoms with Crippen molar-refractivity contribution in [1.29, 1.82) is 0 Å². The van der Waals surface area contributed by atoms with Gasteiger partial charge in [0.25, 0.3) is 5.92 Å². The highest BCUT2D eigenvalue weighted by Gasteiger charge is 2.44. The van der Waals surface area contributed by atoms with Gasteiger partial charge in [-0.05, 0) is 24.2 Å². The van der Waals surface area contributed by atoms with Gasteiger partial charge in [0, 0.05) is 12.5 Å². The molecule has 0 saturated carbocycles. The van der Waals surface area contributed by atoms with Crippen LogP contribution in [0.25, 0.3) is 0 Å². The van der Waals surface area contributed by atoms with Gasteiger partial charge in [-0.2, -0.15) is 0 Å². The molecule has 88 valence electrons. The molecule has 16 heavy (non-hydrogen) atoms. The number of hydrogen-bond acceptors (Lipinski definition) is 1. The third kappa shape index (κ3) is 2.21. The van der Waals surface area contributed by atoms with E-state index >= 15 is 0 Å². The highest BCUT2D eigenvalue weighted by atomic mass is 19.3. The van der Waals surface area contributed by atoms with Crippen LogP contribution >= 0.6 is 0 Å². The van der Waals surface area contributed by atoms with E-state index in [0.717, 1.165) is 0 Å². The lowest BCUT2D eigenvalue weighted by atomic mass is 10.0. The minimum atomic E-state index is -2.66. The largest absolute Gasteiger partial charge is 0.290 e. The Bertz CT molecular complexity index is 378. The molecular formula is C12H14F3N. The molecule has 0 amide bonds. The molecule has 1 saturated heterocycles. The maximum absolute atomic E-state index is 13.3. The molecule has 1 aromatic rings. The van der Waals surface area contributed by atoms with Crippen LogP contribution in [0, 0.1) is 5.82 Å². The Morgan fingerprint density at radius 3 is 2.81 bits per heavy atom. The minimum Gasteiger partial charge on any atom is -0.290 e. The van der Waals surface area contributed by atoms with E-state index in [0.29, 0.717) is 12.1 Å². The van der Waals surface area contributed by atoms with E-state index in [9.17, 15) is 13.2 Å². The summed E-state index contributed by atoms with van der Waals surface area (Å²) in [4.78, 5) is 1.69. The molecule has 1 aromatic carbocycles. The van der Waals surface area contributed by atoms with E-state index < -0.39 is 5.92 Å².